The minimum Gasteiger partial charge on any atom is -0.493 e. The number of alkyl halides is 1. The highest BCUT2D eigenvalue weighted by Gasteiger charge is 2.23. The summed E-state index contributed by atoms with van der Waals surface area (Å²) in [5, 5.41) is 0.769. The third kappa shape index (κ3) is 5.69. The fourth-order valence-corrected chi connectivity index (χ4v) is 4.04. The molecule has 0 aliphatic heterocycles. The van der Waals surface area contributed by atoms with E-state index in [0.29, 0.717) is 52.5 Å². The van der Waals surface area contributed by atoms with Crippen LogP contribution in [-0.2, 0) is 14.3 Å². The molecule has 8 heteroatoms. The topological polar surface area (TPSA) is 82.8 Å². The minimum absolute atomic E-state index is 0.170. The highest BCUT2D eigenvalue weighted by Crippen LogP contribution is 2.33. The average Bonchev–Trinajstić information content (AvgIpc) is 2.77. The van der Waals surface area contributed by atoms with Crippen molar-refractivity contribution in [2.45, 2.75) is 30.6 Å². The molecule has 2 aromatic carbocycles. The van der Waals surface area contributed by atoms with Gasteiger partial charge in [0.25, 0.3) is 5.78 Å². The number of ether oxygens (including phenoxy) is 2. The second-order valence-corrected chi connectivity index (χ2v) is 9.04. The summed E-state index contributed by atoms with van der Waals surface area (Å²) in [6, 6.07) is 12.1. The van der Waals surface area contributed by atoms with Gasteiger partial charge in [-0.05, 0) is 56.5 Å². The van der Waals surface area contributed by atoms with Crippen molar-refractivity contribution < 1.29 is 23.5 Å². The lowest BCUT2D eigenvalue weighted by molar-refractivity contribution is -0.153. The zero-order chi connectivity index (χ0) is 23.3. The lowest BCUT2D eigenvalue weighted by Crippen LogP contribution is -2.26. The summed E-state index contributed by atoms with van der Waals surface area (Å²) >= 11 is 8.17. The average molecular weight is 569 g/mol. The Hall–Kier alpha value is -2.39. The molecule has 32 heavy (non-hydrogen) atoms. The van der Waals surface area contributed by atoms with Gasteiger partial charge < -0.3 is 13.9 Å². The van der Waals surface area contributed by atoms with Crippen LogP contribution in [0.4, 0.5) is 0 Å². The van der Waals surface area contributed by atoms with E-state index in [2.05, 4.69) is 0 Å². The zero-order valence-corrected chi connectivity index (χ0v) is 20.6. The van der Waals surface area contributed by atoms with E-state index in [4.69, 9.17) is 25.5 Å². The molecule has 0 fully saturated rings. The molecule has 0 bridgehead atoms. The second kappa shape index (κ2) is 11.0. The van der Waals surface area contributed by atoms with E-state index in [0.717, 1.165) is 5.56 Å². The number of esters is 1. The summed E-state index contributed by atoms with van der Waals surface area (Å²) in [7, 11) is 0. The van der Waals surface area contributed by atoms with Crippen LogP contribution in [0.1, 0.15) is 25.3 Å². The molecule has 3 rings (SSSR count). The second-order valence-electron chi connectivity index (χ2n) is 7.13. The van der Waals surface area contributed by atoms with E-state index < -0.39 is 15.7 Å². The highest BCUT2D eigenvalue weighted by molar-refractivity contribution is 14.1. The van der Waals surface area contributed by atoms with E-state index in [9.17, 15) is 14.4 Å². The van der Waals surface area contributed by atoms with Crippen LogP contribution in [0, 0.1) is 6.92 Å². The van der Waals surface area contributed by atoms with Crippen molar-refractivity contribution in [3.05, 3.63) is 63.3 Å². The van der Waals surface area contributed by atoms with Crippen molar-refractivity contribution >= 4 is 56.9 Å². The highest BCUT2D eigenvalue weighted by atomic mass is 127. The third-order valence-corrected chi connectivity index (χ3v) is 6.22. The predicted molar refractivity (Wildman–Crippen MR) is 132 cm³/mol. The van der Waals surface area contributed by atoms with E-state index in [-0.39, 0.29) is 12.0 Å². The number of ketones is 1. The molecule has 168 valence electrons. The molecule has 0 aliphatic rings. The Kier molecular flexibility index (Phi) is 8.31. The van der Waals surface area contributed by atoms with E-state index in [1.54, 1.807) is 25.1 Å². The van der Waals surface area contributed by atoms with Gasteiger partial charge in [-0.25, -0.2) is 4.79 Å². The number of aryl methyl sites for hydroxylation is 1. The van der Waals surface area contributed by atoms with Gasteiger partial charge in [0.05, 0.1) is 33.1 Å². The number of rotatable bonds is 9. The van der Waals surface area contributed by atoms with Gasteiger partial charge in [0.15, 0.2) is 11.0 Å². The van der Waals surface area contributed by atoms with Crippen molar-refractivity contribution in [2.24, 2.45) is 0 Å². The summed E-state index contributed by atoms with van der Waals surface area (Å²) in [5.41, 5.74) is 1.74. The first-order chi connectivity index (χ1) is 15.3. The smallest absolute Gasteiger partial charge is 0.375 e. The molecule has 0 saturated carbocycles. The number of Topliss-reactive ketones (excluding diaryl/α,β-unsaturated/α-hetero) is 1. The van der Waals surface area contributed by atoms with Crippen LogP contribution in [0.3, 0.4) is 0 Å². The Morgan fingerprint density at radius 3 is 2.72 bits per heavy atom. The van der Waals surface area contributed by atoms with Crippen molar-refractivity contribution in [1.29, 1.82) is 0 Å². The monoisotopic (exact) mass is 568 g/mol. The molecule has 1 atom stereocenters. The van der Waals surface area contributed by atoms with Crippen molar-refractivity contribution in [3.8, 4) is 17.1 Å². The molecule has 6 nitrogen and oxygen atoms in total. The maximum absolute atomic E-state index is 12.6. The van der Waals surface area contributed by atoms with Crippen LogP contribution in [0.15, 0.2) is 51.7 Å². The van der Waals surface area contributed by atoms with Crippen LogP contribution in [0.2, 0.25) is 5.02 Å². The number of para-hydroxylation sites is 1. The Morgan fingerprint density at radius 1 is 1.19 bits per heavy atom. The Bertz CT molecular complexity index is 1200. The van der Waals surface area contributed by atoms with Gasteiger partial charge in [-0.15, -0.1) is 0 Å². The molecule has 1 aromatic heterocycles. The molecule has 0 saturated heterocycles. The Labute approximate surface area is 204 Å². The van der Waals surface area contributed by atoms with Gasteiger partial charge in [0, 0.05) is 6.07 Å². The predicted octanol–water partition coefficient (Wildman–Crippen LogP) is 5.52. The number of hydrogen-bond acceptors (Lipinski definition) is 6. The zero-order valence-electron chi connectivity index (χ0n) is 17.7. The van der Waals surface area contributed by atoms with Crippen LogP contribution in [0.5, 0.6) is 5.75 Å². The first-order valence-electron chi connectivity index (χ1n) is 10.1. The van der Waals surface area contributed by atoms with Crippen LogP contribution in [0.25, 0.3) is 22.3 Å². The lowest BCUT2D eigenvalue weighted by atomic mass is 10.1. The van der Waals surface area contributed by atoms with Gasteiger partial charge in [0.1, 0.15) is 11.5 Å². The molecule has 0 amide bonds. The maximum atomic E-state index is 12.6. The largest absolute Gasteiger partial charge is 0.493 e. The first-order valence-corrected chi connectivity index (χ1v) is 11.8. The molecule has 1 unspecified atom stereocenters. The first kappa shape index (κ1) is 24.3. The van der Waals surface area contributed by atoms with Gasteiger partial charge in [-0.2, -0.15) is 0 Å². The number of halogens is 2. The minimum atomic E-state index is -0.807. The van der Waals surface area contributed by atoms with E-state index in [1.807, 2.05) is 47.7 Å². The van der Waals surface area contributed by atoms with Gasteiger partial charge in [-0.3, -0.25) is 9.59 Å². The third-order valence-electron chi connectivity index (χ3n) is 4.73. The molecule has 0 aliphatic carbocycles. The number of carbonyl (C=O) groups excluding carboxylic acids is 2. The van der Waals surface area contributed by atoms with Crippen molar-refractivity contribution in [3.63, 3.8) is 0 Å². The summed E-state index contributed by atoms with van der Waals surface area (Å²) in [5.74, 6) is -0.437. The Morgan fingerprint density at radius 2 is 1.97 bits per heavy atom. The number of fused-ring (bicyclic) bond motifs is 1. The standard InChI is InChI=1S/C24H22ClIO6/c1-3-30-24(29)22(28)18(26)8-5-11-31-20-12-14(2)9-10-16(20)21-13-19(27)15-6-4-7-17(25)23(15)32-21/h4,6-7,9-10,12-13,18H,3,5,8,11H2,1-2H3. The fraction of sp³-hybridized carbons (Fsp3) is 0.292. The van der Waals surface area contributed by atoms with Gasteiger partial charge in [-0.1, -0.05) is 46.3 Å². The quantitative estimate of drug-likeness (QED) is 0.111. The molecule has 3 aromatic rings. The van der Waals surface area contributed by atoms with Crippen molar-refractivity contribution in [2.75, 3.05) is 13.2 Å². The summed E-state index contributed by atoms with van der Waals surface area (Å²) in [6.07, 6.45) is 1.03. The van der Waals surface area contributed by atoms with Crippen LogP contribution in [-0.4, -0.2) is 28.9 Å². The molecular weight excluding hydrogens is 547 g/mol. The SMILES string of the molecule is CCOC(=O)C(=O)C(I)CCCOc1cc(C)ccc1-c1cc(=O)c2cccc(Cl)c2o1. The fourth-order valence-electron chi connectivity index (χ4n) is 3.13. The molecule has 0 spiro atoms. The number of hydrogen-bond donors (Lipinski definition) is 0. The maximum Gasteiger partial charge on any atom is 0.375 e. The number of benzene rings is 2. The van der Waals surface area contributed by atoms with Gasteiger partial charge >= 0.3 is 5.97 Å². The summed E-state index contributed by atoms with van der Waals surface area (Å²) in [6.45, 7) is 4.09. The molecule has 0 radical (unpaired) electrons. The Balaban J connectivity index is 1.76. The molecule has 1 heterocycles. The normalized spacial score (nSPS) is 11.9. The van der Waals surface area contributed by atoms with E-state index in [1.165, 1.54) is 6.07 Å². The number of carbonyl (C=O) groups is 2. The van der Waals surface area contributed by atoms with Crippen LogP contribution < -0.4 is 10.2 Å². The lowest BCUT2D eigenvalue weighted by Gasteiger charge is -2.13. The molecular formula is C24H22ClIO6. The van der Waals surface area contributed by atoms with Crippen LogP contribution >= 0.6 is 34.2 Å². The molecule has 0 N–H and O–H groups in total. The summed E-state index contributed by atoms with van der Waals surface area (Å²) in [4.78, 5) is 36.1. The summed E-state index contributed by atoms with van der Waals surface area (Å²) < 4.78 is 16.2. The van der Waals surface area contributed by atoms with Gasteiger partial charge in [0.2, 0.25) is 0 Å². The van der Waals surface area contributed by atoms with E-state index >= 15 is 0 Å². The van der Waals surface area contributed by atoms with Crippen molar-refractivity contribution in [1.82, 2.24) is 0 Å².